The Balaban J connectivity index is 1.48. The molecule has 0 spiro atoms. The van der Waals surface area contributed by atoms with Gasteiger partial charge in [-0.25, -0.2) is 0 Å². The first-order valence-electron chi connectivity index (χ1n) is 12.3. The van der Waals surface area contributed by atoms with Crippen molar-refractivity contribution in [3.63, 3.8) is 0 Å². The topological polar surface area (TPSA) is 60.5 Å². The Bertz CT molecular complexity index is 544. The standard InChI is InChI=1S/C24H44N2O5/c1-17(2)24(27)26-14-23(15-26)29-16-22(31-19-6-9-25(5)10-7-19)13-21-12-20(8-11-28-21)30-18(3)4/h17-23H,6-16H2,1-5H3. The van der Waals surface area contributed by atoms with Gasteiger partial charge in [0.15, 0.2) is 0 Å². The molecule has 1 amide bonds. The van der Waals surface area contributed by atoms with Crippen molar-refractivity contribution in [2.75, 3.05) is 46.4 Å². The Morgan fingerprint density at radius 1 is 1.00 bits per heavy atom. The molecule has 0 aromatic rings. The van der Waals surface area contributed by atoms with Gasteiger partial charge in [-0.2, -0.15) is 0 Å². The number of piperidine rings is 1. The predicted molar refractivity (Wildman–Crippen MR) is 120 cm³/mol. The molecule has 3 saturated heterocycles. The normalized spacial score (nSPS) is 27.6. The summed E-state index contributed by atoms with van der Waals surface area (Å²) in [6.07, 6.45) is 5.95. The van der Waals surface area contributed by atoms with Crippen LogP contribution in [-0.2, 0) is 23.7 Å². The van der Waals surface area contributed by atoms with E-state index in [0.29, 0.717) is 19.7 Å². The number of carbonyl (C=O) groups excluding carboxylic acids is 1. The van der Waals surface area contributed by atoms with Gasteiger partial charge in [0.1, 0.15) is 0 Å². The van der Waals surface area contributed by atoms with Crippen molar-refractivity contribution in [3.05, 3.63) is 0 Å². The Morgan fingerprint density at radius 2 is 1.71 bits per heavy atom. The van der Waals surface area contributed by atoms with E-state index < -0.39 is 0 Å². The summed E-state index contributed by atoms with van der Waals surface area (Å²) in [4.78, 5) is 16.3. The summed E-state index contributed by atoms with van der Waals surface area (Å²) in [5.74, 6) is 0.261. The van der Waals surface area contributed by atoms with Gasteiger partial charge in [0, 0.05) is 45.1 Å². The second kappa shape index (κ2) is 11.9. The van der Waals surface area contributed by atoms with Crippen LogP contribution in [0.15, 0.2) is 0 Å². The van der Waals surface area contributed by atoms with Crippen molar-refractivity contribution in [1.29, 1.82) is 0 Å². The van der Waals surface area contributed by atoms with Crippen LogP contribution < -0.4 is 0 Å². The highest BCUT2D eigenvalue weighted by Crippen LogP contribution is 2.25. The molecule has 3 fully saturated rings. The summed E-state index contributed by atoms with van der Waals surface area (Å²) >= 11 is 0. The first-order valence-corrected chi connectivity index (χ1v) is 12.3. The van der Waals surface area contributed by atoms with Crippen LogP contribution in [0.3, 0.4) is 0 Å². The fraction of sp³-hybridized carbons (Fsp3) is 0.958. The monoisotopic (exact) mass is 440 g/mol. The van der Waals surface area contributed by atoms with E-state index in [1.165, 1.54) is 0 Å². The van der Waals surface area contributed by atoms with E-state index in [9.17, 15) is 4.79 Å². The number of amides is 1. The van der Waals surface area contributed by atoms with E-state index in [-0.39, 0.29) is 48.4 Å². The molecule has 3 heterocycles. The van der Waals surface area contributed by atoms with Gasteiger partial charge in [-0.05, 0) is 46.6 Å². The van der Waals surface area contributed by atoms with E-state index in [0.717, 1.165) is 51.8 Å². The number of hydrogen-bond donors (Lipinski definition) is 0. The van der Waals surface area contributed by atoms with Gasteiger partial charge >= 0.3 is 0 Å². The maximum absolute atomic E-state index is 12.1. The first-order chi connectivity index (χ1) is 14.8. The zero-order chi connectivity index (χ0) is 22.4. The molecule has 0 bridgehead atoms. The van der Waals surface area contributed by atoms with Crippen LogP contribution in [0.1, 0.15) is 59.8 Å². The number of nitrogens with zero attached hydrogens (tertiary/aromatic N) is 2. The van der Waals surface area contributed by atoms with Crippen molar-refractivity contribution < 1.29 is 23.7 Å². The minimum absolute atomic E-state index is 0.0195. The van der Waals surface area contributed by atoms with Crippen LogP contribution in [0.5, 0.6) is 0 Å². The Hall–Kier alpha value is -0.730. The molecular weight excluding hydrogens is 396 g/mol. The van der Waals surface area contributed by atoms with Crippen molar-refractivity contribution in [2.24, 2.45) is 5.92 Å². The molecule has 7 heteroatoms. The Labute approximate surface area is 188 Å². The lowest BCUT2D eigenvalue weighted by Gasteiger charge is -2.41. The van der Waals surface area contributed by atoms with Crippen LogP contribution in [0.2, 0.25) is 0 Å². The van der Waals surface area contributed by atoms with Crippen LogP contribution in [0.4, 0.5) is 0 Å². The molecule has 180 valence electrons. The van der Waals surface area contributed by atoms with Gasteiger partial charge in [0.2, 0.25) is 5.91 Å². The van der Waals surface area contributed by atoms with E-state index >= 15 is 0 Å². The molecule has 0 aromatic heterocycles. The van der Waals surface area contributed by atoms with Crippen LogP contribution in [-0.4, -0.2) is 98.8 Å². The summed E-state index contributed by atoms with van der Waals surface area (Å²) in [6, 6.07) is 0. The summed E-state index contributed by atoms with van der Waals surface area (Å²) in [5.41, 5.74) is 0. The fourth-order valence-electron chi connectivity index (χ4n) is 4.70. The van der Waals surface area contributed by atoms with Crippen molar-refractivity contribution >= 4 is 5.91 Å². The summed E-state index contributed by atoms with van der Waals surface area (Å²) in [7, 11) is 2.17. The lowest BCUT2D eigenvalue weighted by atomic mass is 10.00. The third-order valence-electron chi connectivity index (χ3n) is 6.53. The van der Waals surface area contributed by atoms with Gasteiger partial charge in [-0.15, -0.1) is 0 Å². The van der Waals surface area contributed by atoms with Gasteiger partial charge in [-0.1, -0.05) is 13.8 Å². The molecule has 0 radical (unpaired) electrons. The van der Waals surface area contributed by atoms with E-state index in [1.807, 2.05) is 18.7 Å². The van der Waals surface area contributed by atoms with Crippen LogP contribution >= 0.6 is 0 Å². The molecule has 3 aliphatic rings. The third-order valence-corrected chi connectivity index (χ3v) is 6.53. The van der Waals surface area contributed by atoms with Crippen molar-refractivity contribution in [3.8, 4) is 0 Å². The lowest BCUT2D eigenvalue weighted by molar-refractivity contribution is -0.158. The maximum Gasteiger partial charge on any atom is 0.225 e. The molecular formula is C24H44N2O5. The molecule has 0 aliphatic carbocycles. The molecule has 7 nitrogen and oxygen atoms in total. The zero-order valence-corrected chi connectivity index (χ0v) is 20.3. The zero-order valence-electron chi connectivity index (χ0n) is 20.3. The SMILES string of the molecule is CC(C)OC1CCOC(CC(COC2CN(C(=O)C(C)C)C2)OC2CCN(C)CC2)C1. The number of ether oxygens (including phenoxy) is 4. The number of rotatable bonds is 10. The molecule has 0 aromatic carbocycles. The highest BCUT2D eigenvalue weighted by molar-refractivity contribution is 5.78. The van der Waals surface area contributed by atoms with Crippen LogP contribution in [0, 0.1) is 5.92 Å². The average Bonchev–Trinajstić information content (AvgIpc) is 2.68. The molecule has 3 unspecified atom stereocenters. The molecule has 0 N–H and O–H groups in total. The summed E-state index contributed by atoms with van der Waals surface area (Å²) in [5, 5.41) is 0. The summed E-state index contributed by atoms with van der Waals surface area (Å²) < 4.78 is 24.8. The molecule has 3 atom stereocenters. The quantitative estimate of drug-likeness (QED) is 0.521. The molecule has 31 heavy (non-hydrogen) atoms. The second-order valence-corrected chi connectivity index (χ2v) is 10.2. The summed E-state index contributed by atoms with van der Waals surface area (Å²) in [6.45, 7) is 12.9. The predicted octanol–water partition coefficient (Wildman–Crippen LogP) is 2.71. The average molecular weight is 441 g/mol. The van der Waals surface area contributed by atoms with Crippen LogP contribution in [0.25, 0.3) is 0 Å². The largest absolute Gasteiger partial charge is 0.378 e. The van der Waals surface area contributed by atoms with E-state index in [4.69, 9.17) is 18.9 Å². The van der Waals surface area contributed by atoms with Crippen molar-refractivity contribution in [1.82, 2.24) is 9.80 Å². The highest BCUT2D eigenvalue weighted by Gasteiger charge is 2.34. The van der Waals surface area contributed by atoms with Gasteiger partial charge in [-0.3, -0.25) is 4.79 Å². The highest BCUT2D eigenvalue weighted by atomic mass is 16.5. The van der Waals surface area contributed by atoms with E-state index in [1.54, 1.807) is 0 Å². The van der Waals surface area contributed by atoms with Gasteiger partial charge in [0.25, 0.3) is 0 Å². The molecule has 0 saturated carbocycles. The van der Waals surface area contributed by atoms with Crippen molar-refractivity contribution in [2.45, 2.75) is 96.4 Å². The van der Waals surface area contributed by atoms with Gasteiger partial charge < -0.3 is 28.7 Å². The Morgan fingerprint density at radius 3 is 2.35 bits per heavy atom. The Kier molecular flexibility index (Phi) is 9.59. The number of carbonyl (C=O) groups is 1. The van der Waals surface area contributed by atoms with E-state index in [2.05, 4.69) is 25.8 Å². The number of hydrogen-bond acceptors (Lipinski definition) is 6. The minimum atomic E-state index is 0.0195. The lowest BCUT2D eigenvalue weighted by Crippen LogP contribution is -2.56. The second-order valence-electron chi connectivity index (χ2n) is 10.2. The molecule has 3 aliphatic heterocycles. The fourth-order valence-corrected chi connectivity index (χ4v) is 4.70. The van der Waals surface area contributed by atoms with Gasteiger partial charge in [0.05, 0.1) is 43.2 Å². The first kappa shape index (κ1) is 24.9. The maximum atomic E-state index is 12.1. The smallest absolute Gasteiger partial charge is 0.225 e. The minimum Gasteiger partial charge on any atom is -0.378 e. The molecule has 3 rings (SSSR count). The third kappa shape index (κ3) is 7.97. The number of likely N-dealkylation sites (tertiary alicyclic amines) is 2.